The van der Waals surface area contributed by atoms with Crippen molar-refractivity contribution < 1.29 is 9.13 Å². The van der Waals surface area contributed by atoms with Crippen LogP contribution >= 0.6 is 11.6 Å². The first kappa shape index (κ1) is 13.3. The topological polar surface area (TPSA) is 21.3 Å². The highest BCUT2D eigenvalue weighted by molar-refractivity contribution is 6.30. The number of anilines is 1. The van der Waals surface area contributed by atoms with Gasteiger partial charge in [0, 0.05) is 17.1 Å². The molecule has 104 valence electrons. The van der Waals surface area contributed by atoms with Crippen LogP contribution in [-0.4, -0.2) is 13.2 Å². The van der Waals surface area contributed by atoms with Crippen molar-refractivity contribution in [2.24, 2.45) is 0 Å². The van der Waals surface area contributed by atoms with Gasteiger partial charge in [0.15, 0.2) is 0 Å². The molecule has 2 aromatic rings. The minimum atomic E-state index is -0.264. The molecule has 1 aliphatic rings. The summed E-state index contributed by atoms with van der Waals surface area (Å²) < 4.78 is 18.9. The van der Waals surface area contributed by atoms with Gasteiger partial charge in [0.2, 0.25) is 0 Å². The van der Waals surface area contributed by atoms with Crippen LogP contribution in [0.15, 0.2) is 36.4 Å². The van der Waals surface area contributed by atoms with Crippen LogP contribution in [0, 0.1) is 5.82 Å². The molecular weight excluding hydrogens is 277 g/mol. The van der Waals surface area contributed by atoms with Crippen molar-refractivity contribution in [1.29, 1.82) is 0 Å². The number of nitrogens with one attached hydrogen (secondary N) is 1. The summed E-state index contributed by atoms with van der Waals surface area (Å²) >= 11 is 6.00. The molecule has 0 bridgehead atoms. The molecular formula is C16H15ClFNO. The summed E-state index contributed by atoms with van der Waals surface area (Å²) in [4.78, 5) is 0. The number of fused-ring (bicyclic) bond motifs is 1. The van der Waals surface area contributed by atoms with E-state index in [2.05, 4.69) is 5.32 Å². The first-order valence-corrected chi connectivity index (χ1v) is 6.91. The fourth-order valence-corrected chi connectivity index (χ4v) is 2.85. The Morgan fingerprint density at radius 3 is 2.75 bits per heavy atom. The molecule has 1 N–H and O–H groups in total. The molecule has 4 heteroatoms. The van der Waals surface area contributed by atoms with Crippen molar-refractivity contribution in [3.8, 4) is 5.75 Å². The van der Waals surface area contributed by atoms with Gasteiger partial charge in [0.05, 0.1) is 12.8 Å². The molecule has 1 aliphatic carbocycles. The van der Waals surface area contributed by atoms with E-state index in [9.17, 15) is 4.39 Å². The maximum atomic E-state index is 13.8. The Morgan fingerprint density at radius 2 is 1.95 bits per heavy atom. The summed E-state index contributed by atoms with van der Waals surface area (Å²) in [5.74, 6) is 0.382. The smallest absolute Gasteiger partial charge is 0.146 e. The zero-order valence-corrected chi connectivity index (χ0v) is 11.9. The minimum Gasteiger partial charge on any atom is -0.497 e. The minimum absolute atomic E-state index is 0.185. The standard InChI is InChI=1S/C16H15ClFNO/c1-20-14-4-5-15(18)16(9-14)19-13-7-10-2-3-12(17)6-11(10)8-13/h2-6,9,13,19H,7-8H2,1H3. The van der Waals surface area contributed by atoms with E-state index in [1.165, 1.54) is 17.2 Å². The fourth-order valence-electron chi connectivity index (χ4n) is 2.65. The number of rotatable bonds is 3. The Bertz CT molecular complexity index is 644. The van der Waals surface area contributed by atoms with Crippen LogP contribution in [-0.2, 0) is 12.8 Å². The molecule has 0 fully saturated rings. The number of methoxy groups -OCH3 is 1. The summed E-state index contributed by atoms with van der Waals surface area (Å²) in [6.07, 6.45) is 1.73. The number of benzene rings is 2. The normalized spacial score (nSPS) is 16.9. The second-order valence-electron chi connectivity index (χ2n) is 5.01. The lowest BCUT2D eigenvalue weighted by molar-refractivity contribution is 0.414. The molecule has 0 aromatic heterocycles. The average Bonchev–Trinajstić information content (AvgIpc) is 2.82. The molecule has 0 amide bonds. The molecule has 0 heterocycles. The molecule has 1 atom stereocenters. The summed E-state index contributed by atoms with van der Waals surface area (Å²) in [5, 5.41) is 4.00. The van der Waals surface area contributed by atoms with Crippen molar-refractivity contribution in [3.05, 3.63) is 58.4 Å². The molecule has 0 aliphatic heterocycles. The third kappa shape index (κ3) is 2.59. The molecule has 0 radical (unpaired) electrons. The highest BCUT2D eigenvalue weighted by Crippen LogP contribution is 2.29. The van der Waals surface area contributed by atoms with Crippen molar-refractivity contribution in [3.63, 3.8) is 0 Å². The lowest BCUT2D eigenvalue weighted by Crippen LogP contribution is -2.20. The predicted molar refractivity (Wildman–Crippen MR) is 79.2 cm³/mol. The second kappa shape index (κ2) is 5.33. The van der Waals surface area contributed by atoms with E-state index in [1.807, 2.05) is 18.2 Å². The second-order valence-corrected chi connectivity index (χ2v) is 5.44. The van der Waals surface area contributed by atoms with Crippen molar-refractivity contribution in [1.82, 2.24) is 0 Å². The van der Waals surface area contributed by atoms with E-state index in [0.717, 1.165) is 17.9 Å². The van der Waals surface area contributed by atoms with E-state index >= 15 is 0 Å². The summed E-state index contributed by atoms with van der Waals surface area (Å²) in [6, 6.07) is 10.8. The van der Waals surface area contributed by atoms with Gasteiger partial charge in [-0.15, -0.1) is 0 Å². The van der Waals surface area contributed by atoms with Crippen LogP contribution in [0.4, 0.5) is 10.1 Å². The van der Waals surface area contributed by atoms with E-state index < -0.39 is 0 Å². The van der Waals surface area contributed by atoms with Crippen molar-refractivity contribution in [2.45, 2.75) is 18.9 Å². The SMILES string of the molecule is COc1ccc(F)c(NC2Cc3ccc(Cl)cc3C2)c1. The first-order valence-electron chi connectivity index (χ1n) is 6.53. The number of hydrogen-bond acceptors (Lipinski definition) is 2. The van der Waals surface area contributed by atoms with Gasteiger partial charge in [-0.05, 0) is 48.2 Å². The van der Waals surface area contributed by atoms with Crippen LogP contribution in [0.25, 0.3) is 0 Å². The number of halogens is 2. The van der Waals surface area contributed by atoms with Crippen LogP contribution < -0.4 is 10.1 Å². The largest absolute Gasteiger partial charge is 0.497 e. The van der Waals surface area contributed by atoms with Crippen LogP contribution in [0.2, 0.25) is 5.02 Å². The highest BCUT2D eigenvalue weighted by atomic mass is 35.5. The van der Waals surface area contributed by atoms with Gasteiger partial charge in [0.1, 0.15) is 11.6 Å². The average molecular weight is 292 g/mol. The van der Waals surface area contributed by atoms with Crippen molar-refractivity contribution >= 4 is 17.3 Å². The van der Waals surface area contributed by atoms with E-state index in [1.54, 1.807) is 19.2 Å². The van der Waals surface area contributed by atoms with Gasteiger partial charge < -0.3 is 10.1 Å². The fraction of sp³-hybridized carbons (Fsp3) is 0.250. The maximum Gasteiger partial charge on any atom is 0.146 e. The Kier molecular flexibility index (Phi) is 3.53. The molecule has 1 unspecified atom stereocenters. The van der Waals surface area contributed by atoms with Crippen LogP contribution in [0.1, 0.15) is 11.1 Å². The van der Waals surface area contributed by atoms with E-state index in [0.29, 0.717) is 11.4 Å². The van der Waals surface area contributed by atoms with Gasteiger partial charge >= 0.3 is 0 Å². The lowest BCUT2D eigenvalue weighted by atomic mass is 10.1. The quantitative estimate of drug-likeness (QED) is 0.920. The number of ether oxygens (including phenoxy) is 1. The molecule has 0 saturated heterocycles. The van der Waals surface area contributed by atoms with Gasteiger partial charge in [0.25, 0.3) is 0 Å². The van der Waals surface area contributed by atoms with Crippen molar-refractivity contribution in [2.75, 3.05) is 12.4 Å². The molecule has 2 aromatic carbocycles. The predicted octanol–water partition coefficient (Wildman–Crippen LogP) is 4.07. The lowest BCUT2D eigenvalue weighted by Gasteiger charge is -2.15. The van der Waals surface area contributed by atoms with Gasteiger partial charge in [-0.2, -0.15) is 0 Å². The Hall–Kier alpha value is -1.74. The first-order chi connectivity index (χ1) is 9.65. The van der Waals surface area contributed by atoms with Crippen LogP contribution in [0.3, 0.4) is 0 Å². The number of hydrogen-bond donors (Lipinski definition) is 1. The van der Waals surface area contributed by atoms with Gasteiger partial charge in [-0.25, -0.2) is 4.39 Å². The molecule has 0 spiro atoms. The third-order valence-corrected chi connectivity index (χ3v) is 3.87. The van der Waals surface area contributed by atoms with Crippen LogP contribution in [0.5, 0.6) is 5.75 Å². The summed E-state index contributed by atoms with van der Waals surface area (Å²) in [6.45, 7) is 0. The van der Waals surface area contributed by atoms with E-state index in [-0.39, 0.29) is 11.9 Å². The maximum absolute atomic E-state index is 13.8. The zero-order chi connectivity index (χ0) is 14.1. The molecule has 0 saturated carbocycles. The monoisotopic (exact) mass is 291 g/mol. The Balaban J connectivity index is 1.77. The van der Waals surface area contributed by atoms with Gasteiger partial charge in [-0.1, -0.05) is 17.7 Å². The van der Waals surface area contributed by atoms with Gasteiger partial charge in [-0.3, -0.25) is 0 Å². The third-order valence-electron chi connectivity index (χ3n) is 3.63. The summed E-state index contributed by atoms with van der Waals surface area (Å²) in [5.41, 5.74) is 2.99. The highest BCUT2D eigenvalue weighted by Gasteiger charge is 2.22. The molecule has 20 heavy (non-hydrogen) atoms. The Labute approximate surface area is 122 Å². The zero-order valence-electron chi connectivity index (χ0n) is 11.1. The van der Waals surface area contributed by atoms with E-state index in [4.69, 9.17) is 16.3 Å². The summed E-state index contributed by atoms with van der Waals surface area (Å²) in [7, 11) is 1.57. The molecule has 2 nitrogen and oxygen atoms in total. The molecule has 3 rings (SSSR count). The Morgan fingerprint density at radius 1 is 1.15 bits per heavy atom.